The fourth-order valence-corrected chi connectivity index (χ4v) is 2.49. The van der Waals surface area contributed by atoms with Gasteiger partial charge in [-0.05, 0) is 25.0 Å². The van der Waals surface area contributed by atoms with Gasteiger partial charge in [-0.2, -0.15) is 0 Å². The number of nitrogens with zero attached hydrogens (tertiary/aromatic N) is 2. The monoisotopic (exact) mass is 334 g/mol. The van der Waals surface area contributed by atoms with Crippen molar-refractivity contribution >= 4 is 23.5 Å². The van der Waals surface area contributed by atoms with Crippen LogP contribution in [0.5, 0.6) is 0 Å². The van der Waals surface area contributed by atoms with Crippen LogP contribution in [0.3, 0.4) is 0 Å². The van der Waals surface area contributed by atoms with E-state index in [0.29, 0.717) is 10.6 Å². The van der Waals surface area contributed by atoms with E-state index in [2.05, 4.69) is 9.72 Å². The molecular formula is C16H15ClN2O4. The summed E-state index contributed by atoms with van der Waals surface area (Å²) in [5, 5.41) is 0.408. The minimum Gasteiger partial charge on any atom is -0.464 e. The van der Waals surface area contributed by atoms with Crippen LogP contribution in [0.1, 0.15) is 39.6 Å². The van der Waals surface area contributed by atoms with Gasteiger partial charge in [-0.15, -0.1) is 0 Å². The smallest absolute Gasteiger partial charge is 0.360 e. The number of ether oxygens (including phenoxy) is 1. The summed E-state index contributed by atoms with van der Waals surface area (Å²) in [5.41, 5.74) is 0.532. The molecule has 3 rings (SSSR count). The SMILES string of the molecule is COC(=O)c1coc(CN(C(=O)c2ccccc2Cl)C2CC2)n1. The predicted molar refractivity (Wildman–Crippen MR) is 82.2 cm³/mol. The Hall–Kier alpha value is -2.34. The maximum Gasteiger partial charge on any atom is 0.360 e. The average Bonchev–Trinajstić information content (AvgIpc) is 3.30. The first-order chi connectivity index (χ1) is 11.1. The van der Waals surface area contributed by atoms with Gasteiger partial charge in [0.15, 0.2) is 5.69 Å². The molecular weight excluding hydrogens is 320 g/mol. The molecule has 1 amide bonds. The van der Waals surface area contributed by atoms with Crippen LogP contribution in [-0.4, -0.2) is 34.9 Å². The van der Waals surface area contributed by atoms with Crippen molar-refractivity contribution in [1.29, 1.82) is 0 Å². The van der Waals surface area contributed by atoms with Crippen molar-refractivity contribution in [1.82, 2.24) is 9.88 Å². The quantitative estimate of drug-likeness (QED) is 0.786. The van der Waals surface area contributed by atoms with Crippen molar-refractivity contribution in [3.8, 4) is 0 Å². The summed E-state index contributed by atoms with van der Waals surface area (Å²) in [4.78, 5) is 29.9. The van der Waals surface area contributed by atoms with Crippen molar-refractivity contribution in [2.24, 2.45) is 0 Å². The molecule has 0 aliphatic heterocycles. The molecule has 1 saturated carbocycles. The Morgan fingerprint density at radius 3 is 2.78 bits per heavy atom. The molecule has 7 heteroatoms. The number of esters is 1. The first-order valence-corrected chi connectivity index (χ1v) is 7.56. The minimum atomic E-state index is -0.574. The summed E-state index contributed by atoms with van der Waals surface area (Å²) in [6, 6.07) is 7.06. The lowest BCUT2D eigenvalue weighted by molar-refractivity contribution is 0.0594. The zero-order chi connectivity index (χ0) is 16.4. The third kappa shape index (κ3) is 3.37. The highest BCUT2D eigenvalue weighted by Crippen LogP contribution is 2.31. The number of benzene rings is 1. The maximum absolute atomic E-state index is 12.7. The van der Waals surface area contributed by atoms with Gasteiger partial charge in [0.25, 0.3) is 5.91 Å². The van der Waals surface area contributed by atoms with Crippen LogP contribution in [0.15, 0.2) is 34.9 Å². The van der Waals surface area contributed by atoms with Gasteiger partial charge in [-0.3, -0.25) is 4.79 Å². The minimum absolute atomic E-state index is 0.0865. The number of rotatable bonds is 5. The van der Waals surface area contributed by atoms with E-state index in [9.17, 15) is 9.59 Å². The largest absolute Gasteiger partial charge is 0.464 e. The Labute approximate surface area is 138 Å². The highest BCUT2D eigenvalue weighted by atomic mass is 35.5. The summed E-state index contributed by atoms with van der Waals surface area (Å²) >= 11 is 6.11. The Balaban J connectivity index is 1.80. The second kappa shape index (κ2) is 6.42. The molecule has 1 aliphatic rings. The van der Waals surface area contributed by atoms with Crippen LogP contribution < -0.4 is 0 Å². The molecule has 0 bridgehead atoms. The summed E-state index contributed by atoms with van der Waals surface area (Å²) in [6.45, 7) is 0.186. The normalized spacial score (nSPS) is 13.7. The van der Waals surface area contributed by atoms with E-state index in [1.807, 2.05) is 0 Å². The molecule has 1 aromatic heterocycles. The zero-order valence-corrected chi connectivity index (χ0v) is 13.2. The summed E-state index contributed by atoms with van der Waals surface area (Å²) in [6.07, 6.45) is 3.09. The molecule has 2 aromatic rings. The molecule has 1 fully saturated rings. The van der Waals surface area contributed by atoms with Crippen LogP contribution >= 0.6 is 11.6 Å². The molecule has 0 atom stereocenters. The van der Waals surface area contributed by atoms with Crippen LogP contribution in [0, 0.1) is 0 Å². The summed E-state index contributed by atoms with van der Waals surface area (Å²) < 4.78 is 9.86. The molecule has 0 unspecified atom stereocenters. The Morgan fingerprint density at radius 1 is 1.39 bits per heavy atom. The number of carbonyl (C=O) groups is 2. The summed E-state index contributed by atoms with van der Waals surface area (Å²) in [7, 11) is 1.27. The zero-order valence-electron chi connectivity index (χ0n) is 12.5. The third-order valence-electron chi connectivity index (χ3n) is 3.60. The van der Waals surface area contributed by atoms with E-state index in [1.165, 1.54) is 13.4 Å². The number of hydrogen-bond acceptors (Lipinski definition) is 5. The molecule has 23 heavy (non-hydrogen) atoms. The van der Waals surface area contributed by atoms with Gasteiger partial charge in [0, 0.05) is 6.04 Å². The molecule has 0 radical (unpaired) electrons. The first-order valence-electron chi connectivity index (χ1n) is 7.18. The highest BCUT2D eigenvalue weighted by molar-refractivity contribution is 6.33. The van der Waals surface area contributed by atoms with E-state index in [-0.39, 0.29) is 30.1 Å². The van der Waals surface area contributed by atoms with Gasteiger partial charge in [0.05, 0.1) is 24.2 Å². The van der Waals surface area contributed by atoms with Crippen LogP contribution in [-0.2, 0) is 11.3 Å². The fourth-order valence-electron chi connectivity index (χ4n) is 2.27. The van der Waals surface area contributed by atoms with E-state index < -0.39 is 5.97 Å². The van der Waals surface area contributed by atoms with E-state index in [0.717, 1.165) is 12.8 Å². The lowest BCUT2D eigenvalue weighted by atomic mass is 10.2. The van der Waals surface area contributed by atoms with Gasteiger partial charge < -0.3 is 14.1 Å². The van der Waals surface area contributed by atoms with Crippen molar-refractivity contribution < 1.29 is 18.7 Å². The molecule has 0 saturated heterocycles. The Bertz CT molecular complexity index is 739. The number of halogens is 1. The number of amides is 1. The van der Waals surface area contributed by atoms with E-state index in [4.69, 9.17) is 16.0 Å². The molecule has 1 aromatic carbocycles. The molecule has 120 valence electrons. The number of hydrogen-bond donors (Lipinski definition) is 0. The van der Waals surface area contributed by atoms with Crippen molar-refractivity contribution in [3.63, 3.8) is 0 Å². The van der Waals surface area contributed by atoms with Gasteiger partial charge in [-0.25, -0.2) is 9.78 Å². The molecule has 6 nitrogen and oxygen atoms in total. The van der Waals surface area contributed by atoms with Gasteiger partial charge in [-0.1, -0.05) is 23.7 Å². The van der Waals surface area contributed by atoms with Crippen molar-refractivity contribution in [3.05, 3.63) is 52.7 Å². The van der Waals surface area contributed by atoms with Gasteiger partial charge >= 0.3 is 5.97 Å². The Kier molecular flexibility index (Phi) is 4.34. The standard InChI is InChI=1S/C16H15ClN2O4/c1-22-16(21)13-9-23-14(18-13)8-19(10-6-7-10)15(20)11-4-2-3-5-12(11)17/h2-5,9-10H,6-8H2,1H3. The number of methoxy groups -OCH3 is 1. The lowest BCUT2D eigenvalue weighted by Gasteiger charge is -2.21. The van der Waals surface area contributed by atoms with Crippen LogP contribution in [0.2, 0.25) is 5.02 Å². The molecule has 0 N–H and O–H groups in total. The van der Waals surface area contributed by atoms with Crippen LogP contribution in [0.25, 0.3) is 0 Å². The lowest BCUT2D eigenvalue weighted by Crippen LogP contribution is -2.33. The van der Waals surface area contributed by atoms with Crippen LogP contribution in [0.4, 0.5) is 0 Å². The summed E-state index contributed by atoms with van der Waals surface area (Å²) in [5.74, 6) is -0.455. The average molecular weight is 335 g/mol. The van der Waals surface area contributed by atoms with Gasteiger partial charge in [0.1, 0.15) is 6.26 Å². The van der Waals surface area contributed by atoms with E-state index in [1.54, 1.807) is 29.2 Å². The Morgan fingerprint density at radius 2 is 2.13 bits per heavy atom. The highest BCUT2D eigenvalue weighted by Gasteiger charge is 2.34. The first kappa shape index (κ1) is 15.6. The van der Waals surface area contributed by atoms with E-state index >= 15 is 0 Å². The van der Waals surface area contributed by atoms with Crippen molar-refractivity contribution in [2.75, 3.05) is 7.11 Å². The third-order valence-corrected chi connectivity index (χ3v) is 3.93. The maximum atomic E-state index is 12.7. The van der Waals surface area contributed by atoms with Crippen molar-refractivity contribution in [2.45, 2.75) is 25.4 Å². The fraction of sp³-hybridized carbons (Fsp3) is 0.312. The van der Waals surface area contributed by atoms with Gasteiger partial charge in [0.2, 0.25) is 5.89 Å². The second-order valence-corrected chi connectivity index (χ2v) is 5.67. The predicted octanol–water partition coefficient (Wildman–Crippen LogP) is 2.92. The molecule has 1 aliphatic carbocycles. The number of aromatic nitrogens is 1. The number of carbonyl (C=O) groups excluding carboxylic acids is 2. The second-order valence-electron chi connectivity index (χ2n) is 5.26. The molecule has 0 spiro atoms. The molecule has 1 heterocycles. The number of oxazole rings is 1. The topological polar surface area (TPSA) is 72.6 Å².